The summed E-state index contributed by atoms with van der Waals surface area (Å²) in [7, 11) is 1.38. The van der Waals surface area contributed by atoms with Gasteiger partial charge in [0.15, 0.2) is 5.82 Å². The van der Waals surface area contributed by atoms with Crippen LogP contribution < -0.4 is 9.47 Å². The van der Waals surface area contributed by atoms with Gasteiger partial charge in [-0.05, 0) is 12.8 Å². The SMILES string of the molecule is COc1ncc(OC2CC2)cc1F. The average Bonchev–Trinajstić information content (AvgIpc) is 2.89. The highest BCUT2D eigenvalue weighted by Gasteiger charge is 2.24. The summed E-state index contributed by atoms with van der Waals surface area (Å²) in [6.45, 7) is 0. The molecule has 0 unspecified atom stereocenters. The van der Waals surface area contributed by atoms with Gasteiger partial charge in [-0.2, -0.15) is 0 Å². The minimum Gasteiger partial charge on any atom is -0.489 e. The first-order valence-corrected chi connectivity index (χ1v) is 4.16. The Bertz CT molecular complexity index is 312. The number of halogens is 1. The predicted octanol–water partition coefficient (Wildman–Crippen LogP) is 1.77. The average molecular weight is 183 g/mol. The summed E-state index contributed by atoms with van der Waals surface area (Å²) in [5.41, 5.74) is 0. The van der Waals surface area contributed by atoms with Gasteiger partial charge in [0.2, 0.25) is 5.88 Å². The summed E-state index contributed by atoms with van der Waals surface area (Å²) in [5.74, 6) is -0.00963. The van der Waals surface area contributed by atoms with Gasteiger partial charge >= 0.3 is 0 Å². The van der Waals surface area contributed by atoms with Crippen LogP contribution in [0.25, 0.3) is 0 Å². The van der Waals surface area contributed by atoms with Crippen molar-refractivity contribution in [2.24, 2.45) is 0 Å². The number of aromatic nitrogens is 1. The number of ether oxygens (including phenoxy) is 2. The van der Waals surface area contributed by atoms with E-state index in [9.17, 15) is 4.39 Å². The van der Waals surface area contributed by atoms with Gasteiger partial charge in [0.1, 0.15) is 5.75 Å². The highest BCUT2D eigenvalue weighted by atomic mass is 19.1. The van der Waals surface area contributed by atoms with E-state index in [2.05, 4.69) is 9.72 Å². The first kappa shape index (κ1) is 8.29. The van der Waals surface area contributed by atoms with Gasteiger partial charge in [0.25, 0.3) is 0 Å². The van der Waals surface area contributed by atoms with Crippen LogP contribution in [0.1, 0.15) is 12.8 Å². The van der Waals surface area contributed by atoms with Gasteiger partial charge in [-0.15, -0.1) is 0 Å². The number of rotatable bonds is 3. The first-order valence-electron chi connectivity index (χ1n) is 4.16. The highest BCUT2D eigenvalue weighted by molar-refractivity contribution is 5.25. The Morgan fingerprint density at radius 1 is 1.54 bits per heavy atom. The van der Waals surface area contributed by atoms with Crippen molar-refractivity contribution in [1.82, 2.24) is 4.98 Å². The maximum atomic E-state index is 13.1. The maximum absolute atomic E-state index is 13.1. The fourth-order valence-electron chi connectivity index (χ4n) is 1.00. The molecule has 0 N–H and O–H groups in total. The first-order chi connectivity index (χ1) is 6.29. The highest BCUT2D eigenvalue weighted by Crippen LogP contribution is 2.27. The lowest BCUT2D eigenvalue weighted by Crippen LogP contribution is -1.98. The van der Waals surface area contributed by atoms with Gasteiger partial charge < -0.3 is 9.47 Å². The van der Waals surface area contributed by atoms with Crippen molar-refractivity contribution in [3.63, 3.8) is 0 Å². The van der Waals surface area contributed by atoms with E-state index in [1.165, 1.54) is 19.4 Å². The normalized spacial score (nSPS) is 15.5. The van der Waals surface area contributed by atoms with Crippen LogP contribution in [0.4, 0.5) is 4.39 Å². The van der Waals surface area contributed by atoms with E-state index in [0.717, 1.165) is 12.8 Å². The molecule has 1 saturated carbocycles. The number of pyridine rings is 1. The lowest BCUT2D eigenvalue weighted by molar-refractivity contribution is 0.296. The molecular weight excluding hydrogens is 173 g/mol. The maximum Gasteiger partial charge on any atom is 0.250 e. The molecule has 0 spiro atoms. The Morgan fingerprint density at radius 3 is 2.85 bits per heavy atom. The molecule has 1 aliphatic rings. The van der Waals surface area contributed by atoms with Crippen molar-refractivity contribution in [2.75, 3.05) is 7.11 Å². The summed E-state index contributed by atoms with van der Waals surface area (Å²) >= 11 is 0. The molecule has 3 nitrogen and oxygen atoms in total. The minimum atomic E-state index is -0.486. The zero-order chi connectivity index (χ0) is 9.26. The zero-order valence-corrected chi connectivity index (χ0v) is 7.29. The molecule has 0 atom stereocenters. The van der Waals surface area contributed by atoms with Crippen LogP contribution in [-0.4, -0.2) is 18.2 Å². The largest absolute Gasteiger partial charge is 0.489 e. The third kappa shape index (κ3) is 1.88. The Morgan fingerprint density at radius 2 is 2.31 bits per heavy atom. The molecule has 0 amide bonds. The smallest absolute Gasteiger partial charge is 0.250 e. The molecule has 0 bridgehead atoms. The Labute approximate surface area is 75.5 Å². The molecule has 0 aliphatic heterocycles. The van der Waals surface area contributed by atoms with Crippen LogP contribution >= 0.6 is 0 Å². The van der Waals surface area contributed by atoms with E-state index in [1.807, 2.05) is 0 Å². The standard InChI is InChI=1S/C9H10FNO2/c1-12-9-8(10)4-7(5-11-9)13-6-2-3-6/h4-6H,2-3H2,1H3. The predicted molar refractivity (Wildman–Crippen MR) is 44.4 cm³/mol. The number of nitrogens with zero attached hydrogens (tertiary/aromatic N) is 1. The molecular formula is C9H10FNO2. The molecule has 1 aromatic rings. The molecule has 70 valence electrons. The van der Waals surface area contributed by atoms with Crippen molar-refractivity contribution in [1.29, 1.82) is 0 Å². The number of methoxy groups -OCH3 is 1. The number of hydrogen-bond donors (Lipinski definition) is 0. The third-order valence-electron chi connectivity index (χ3n) is 1.80. The van der Waals surface area contributed by atoms with Crippen LogP contribution in [-0.2, 0) is 0 Å². The van der Waals surface area contributed by atoms with Crippen molar-refractivity contribution in [2.45, 2.75) is 18.9 Å². The van der Waals surface area contributed by atoms with Gasteiger partial charge in [0, 0.05) is 6.07 Å². The summed E-state index contributed by atoms with van der Waals surface area (Å²) in [6, 6.07) is 1.30. The Hall–Kier alpha value is -1.32. The van der Waals surface area contributed by atoms with E-state index in [0.29, 0.717) is 5.75 Å². The summed E-state index contributed by atoms with van der Waals surface area (Å²) < 4.78 is 23.1. The second-order valence-electron chi connectivity index (χ2n) is 2.98. The lowest BCUT2D eigenvalue weighted by atomic mass is 10.4. The van der Waals surface area contributed by atoms with Gasteiger partial charge in [-0.25, -0.2) is 9.37 Å². The quantitative estimate of drug-likeness (QED) is 0.715. The summed E-state index contributed by atoms with van der Waals surface area (Å²) in [4.78, 5) is 3.76. The van der Waals surface area contributed by atoms with Crippen LogP contribution in [0, 0.1) is 5.82 Å². The van der Waals surface area contributed by atoms with Crippen molar-refractivity contribution in [3.05, 3.63) is 18.1 Å². The summed E-state index contributed by atoms with van der Waals surface area (Å²) in [5, 5.41) is 0. The molecule has 0 radical (unpaired) electrons. The van der Waals surface area contributed by atoms with Crippen molar-refractivity contribution < 1.29 is 13.9 Å². The Balaban J connectivity index is 2.13. The van der Waals surface area contributed by atoms with Crippen molar-refractivity contribution in [3.8, 4) is 11.6 Å². The Kier molecular flexibility index (Phi) is 2.04. The van der Waals surface area contributed by atoms with Gasteiger partial charge in [-0.1, -0.05) is 0 Å². The monoisotopic (exact) mass is 183 g/mol. The molecule has 0 saturated heterocycles. The van der Waals surface area contributed by atoms with Crippen LogP contribution in [0.15, 0.2) is 12.3 Å². The van der Waals surface area contributed by atoms with E-state index < -0.39 is 5.82 Å². The molecule has 2 rings (SSSR count). The fourth-order valence-corrected chi connectivity index (χ4v) is 1.00. The number of hydrogen-bond acceptors (Lipinski definition) is 3. The van der Waals surface area contributed by atoms with Crippen LogP contribution in [0.2, 0.25) is 0 Å². The van der Waals surface area contributed by atoms with E-state index in [4.69, 9.17) is 4.74 Å². The molecule has 1 fully saturated rings. The molecule has 1 heterocycles. The summed E-state index contributed by atoms with van der Waals surface area (Å²) in [6.07, 6.45) is 3.83. The third-order valence-corrected chi connectivity index (χ3v) is 1.80. The minimum absolute atomic E-state index is 0.00291. The van der Waals surface area contributed by atoms with Crippen molar-refractivity contribution >= 4 is 0 Å². The van der Waals surface area contributed by atoms with Gasteiger partial charge in [-0.3, -0.25) is 0 Å². The molecule has 4 heteroatoms. The molecule has 1 aromatic heterocycles. The van der Waals surface area contributed by atoms with Crippen LogP contribution in [0.3, 0.4) is 0 Å². The second-order valence-corrected chi connectivity index (χ2v) is 2.98. The molecule has 0 aromatic carbocycles. The van der Waals surface area contributed by atoms with E-state index in [1.54, 1.807) is 0 Å². The fraction of sp³-hybridized carbons (Fsp3) is 0.444. The molecule has 13 heavy (non-hydrogen) atoms. The van der Waals surface area contributed by atoms with Crippen LogP contribution in [0.5, 0.6) is 11.6 Å². The second kappa shape index (κ2) is 3.20. The van der Waals surface area contributed by atoms with Gasteiger partial charge in [0.05, 0.1) is 19.4 Å². The molecule has 1 aliphatic carbocycles. The lowest BCUT2D eigenvalue weighted by Gasteiger charge is -2.05. The topological polar surface area (TPSA) is 31.4 Å². The van der Waals surface area contributed by atoms with E-state index >= 15 is 0 Å². The zero-order valence-electron chi connectivity index (χ0n) is 7.29. The van der Waals surface area contributed by atoms with E-state index in [-0.39, 0.29) is 12.0 Å².